The number of hydrogen-bond donors (Lipinski definition) is 0. The number of unbranched alkanes of at least 4 members (excludes halogenated alkanes) is 5. The summed E-state index contributed by atoms with van der Waals surface area (Å²) in [5, 5.41) is 0.303. The third-order valence-electron chi connectivity index (χ3n) is 8.66. The van der Waals surface area contributed by atoms with Crippen LogP contribution in [0.1, 0.15) is 85.5 Å². The maximum atomic E-state index is 13.2. The van der Waals surface area contributed by atoms with Crippen molar-refractivity contribution < 1.29 is 9.22 Å². The third-order valence-corrected chi connectivity index (χ3v) is 13.2. The summed E-state index contributed by atoms with van der Waals surface area (Å²) >= 11 is 0. The number of Topliss-reactive ketones (excluding diaryl/α,β-unsaturated/α-hetero) is 1. The molecule has 0 amide bonds. The van der Waals surface area contributed by atoms with E-state index < -0.39 is 8.32 Å². The third kappa shape index (κ3) is 5.68. The monoisotopic (exact) mass is 454 g/mol. The zero-order valence-corrected chi connectivity index (χ0v) is 22.5. The molecule has 0 aromatic carbocycles. The Morgan fingerprint density at radius 3 is 2.41 bits per heavy atom. The van der Waals surface area contributed by atoms with Crippen LogP contribution in [0.15, 0.2) is 23.8 Å². The van der Waals surface area contributed by atoms with Gasteiger partial charge in [-0.15, -0.1) is 0 Å². The molecule has 0 N–H and O–H groups in total. The van der Waals surface area contributed by atoms with Gasteiger partial charge < -0.3 is 4.43 Å². The minimum atomic E-state index is -1.59. The van der Waals surface area contributed by atoms with Gasteiger partial charge in [-0.3, -0.25) is 4.79 Å². The molecule has 3 aliphatic carbocycles. The summed E-state index contributed by atoms with van der Waals surface area (Å²) < 4.78 is 6.30. The number of carbonyl (C=O) groups is 1. The molecular weight excluding hydrogens is 408 g/mol. The SMILES string of the molecule is CCC#C/C=C1/C(=O)[C@@H]2[C@@H]([C@@H]3C=C[C@H]2C3)[C@@H]1CCCCCCCCO[Si](C)(C)C(C)(C)C. The largest absolute Gasteiger partial charge is 0.417 e. The summed E-state index contributed by atoms with van der Waals surface area (Å²) in [4.78, 5) is 13.2. The van der Waals surface area contributed by atoms with Crippen molar-refractivity contribution in [3.63, 3.8) is 0 Å². The van der Waals surface area contributed by atoms with Crippen molar-refractivity contribution in [3.8, 4) is 11.8 Å². The smallest absolute Gasteiger partial charge is 0.191 e. The summed E-state index contributed by atoms with van der Waals surface area (Å²) in [5.41, 5.74) is 1.06. The summed E-state index contributed by atoms with van der Waals surface area (Å²) in [5.74, 6) is 9.10. The highest BCUT2D eigenvalue weighted by Crippen LogP contribution is 2.58. The van der Waals surface area contributed by atoms with Crippen molar-refractivity contribution in [1.82, 2.24) is 0 Å². The van der Waals surface area contributed by atoms with Crippen LogP contribution in [-0.2, 0) is 9.22 Å². The number of carbonyl (C=O) groups excluding carboxylic acids is 1. The first kappa shape index (κ1) is 25.5. The molecule has 3 heteroatoms. The Kier molecular flexibility index (Phi) is 8.67. The van der Waals surface area contributed by atoms with Crippen molar-refractivity contribution in [2.45, 2.75) is 104 Å². The molecule has 32 heavy (non-hydrogen) atoms. The van der Waals surface area contributed by atoms with Crippen LogP contribution in [0.25, 0.3) is 0 Å². The highest BCUT2D eigenvalue weighted by atomic mass is 28.4. The van der Waals surface area contributed by atoms with Crippen LogP contribution in [0.5, 0.6) is 0 Å². The predicted octanol–water partition coefficient (Wildman–Crippen LogP) is 7.72. The molecule has 0 radical (unpaired) electrons. The molecule has 2 bridgehead atoms. The Morgan fingerprint density at radius 1 is 1.06 bits per heavy atom. The molecule has 2 fully saturated rings. The van der Waals surface area contributed by atoms with E-state index in [0.29, 0.717) is 34.5 Å². The molecule has 0 aliphatic heterocycles. The molecule has 2 saturated carbocycles. The van der Waals surface area contributed by atoms with Gasteiger partial charge in [-0.05, 0) is 67.1 Å². The predicted molar refractivity (Wildman–Crippen MR) is 138 cm³/mol. The van der Waals surface area contributed by atoms with Crippen LogP contribution in [-0.4, -0.2) is 20.7 Å². The molecule has 5 atom stereocenters. The van der Waals surface area contributed by atoms with Crippen molar-refractivity contribution >= 4 is 14.1 Å². The van der Waals surface area contributed by atoms with E-state index in [1.165, 1.54) is 44.9 Å². The number of rotatable bonds is 10. The summed E-state index contributed by atoms with van der Waals surface area (Å²) in [7, 11) is -1.59. The summed E-state index contributed by atoms with van der Waals surface area (Å²) in [6, 6.07) is 0. The van der Waals surface area contributed by atoms with Gasteiger partial charge in [-0.1, -0.05) is 83.8 Å². The number of fused-ring (bicyclic) bond motifs is 5. The second kappa shape index (κ2) is 10.9. The van der Waals surface area contributed by atoms with Crippen LogP contribution >= 0.6 is 0 Å². The minimum Gasteiger partial charge on any atom is -0.417 e. The fourth-order valence-corrected chi connectivity index (χ4v) is 6.92. The Hall–Kier alpha value is -1.11. The zero-order valence-electron chi connectivity index (χ0n) is 21.5. The normalized spacial score (nSPS) is 30.1. The minimum absolute atomic E-state index is 0.255. The molecule has 0 aromatic rings. The first-order valence-electron chi connectivity index (χ1n) is 13.2. The molecular formula is C29H46O2Si. The van der Waals surface area contributed by atoms with E-state index in [4.69, 9.17) is 4.43 Å². The molecule has 2 nitrogen and oxygen atoms in total. The van der Waals surface area contributed by atoms with E-state index in [1.807, 2.05) is 6.08 Å². The van der Waals surface area contributed by atoms with Crippen LogP contribution in [0, 0.1) is 41.4 Å². The average Bonchev–Trinajstić information content (AvgIpc) is 3.40. The molecule has 0 aromatic heterocycles. The Balaban J connectivity index is 1.39. The lowest BCUT2D eigenvalue weighted by Gasteiger charge is -2.36. The fraction of sp³-hybridized carbons (Fsp3) is 0.759. The van der Waals surface area contributed by atoms with E-state index in [0.717, 1.165) is 25.0 Å². The standard InChI is InChI=1S/C29H46O2Si/c1-7-8-13-17-25-24(26-22-18-19-23(21-22)27(26)28(25)30)16-14-11-9-10-12-15-20-31-32(5,6)29(2,3)4/h17-19,22-24,26-27H,7,9-12,14-16,20-21H2,1-6H3/b25-17+/t22-,23+,24-,26+,27+/m1/s1. The van der Waals surface area contributed by atoms with Gasteiger partial charge in [0.05, 0.1) is 0 Å². The molecule has 0 saturated heterocycles. The number of ketones is 1. The lowest BCUT2D eigenvalue weighted by molar-refractivity contribution is -0.119. The van der Waals surface area contributed by atoms with E-state index in [2.05, 4.69) is 64.8 Å². The second-order valence-corrected chi connectivity index (χ2v) is 16.6. The summed E-state index contributed by atoms with van der Waals surface area (Å²) in [6.45, 7) is 14.6. The topological polar surface area (TPSA) is 26.3 Å². The molecule has 178 valence electrons. The Labute approximate surface area is 198 Å². The van der Waals surface area contributed by atoms with Gasteiger partial charge in [0.15, 0.2) is 14.1 Å². The van der Waals surface area contributed by atoms with Crippen LogP contribution < -0.4 is 0 Å². The van der Waals surface area contributed by atoms with Gasteiger partial charge in [-0.2, -0.15) is 0 Å². The van der Waals surface area contributed by atoms with Crippen LogP contribution in [0.3, 0.4) is 0 Å². The number of allylic oxidation sites excluding steroid dienone is 4. The maximum absolute atomic E-state index is 13.2. The van der Waals surface area contributed by atoms with Gasteiger partial charge in [0.1, 0.15) is 0 Å². The molecule has 3 rings (SSSR count). The molecule has 0 heterocycles. The van der Waals surface area contributed by atoms with Gasteiger partial charge in [0, 0.05) is 24.5 Å². The highest BCUT2D eigenvalue weighted by Gasteiger charge is 2.57. The van der Waals surface area contributed by atoms with Gasteiger partial charge in [0.25, 0.3) is 0 Å². The van der Waals surface area contributed by atoms with E-state index in [1.54, 1.807) is 0 Å². The average molecular weight is 455 g/mol. The van der Waals surface area contributed by atoms with Crippen LogP contribution in [0.4, 0.5) is 0 Å². The fourth-order valence-electron chi connectivity index (χ4n) is 5.83. The van der Waals surface area contributed by atoms with Gasteiger partial charge in [-0.25, -0.2) is 0 Å². The lowest BCUT2D eigenvalue weighted by Crippen LogP contribution is -2.40. The molecule has 3 aliphatic rings. The van der Waals surface area contributed by atoms with Crippen molar-refractivity contribution in [2.75, 3.05) is 6.61 Å². The second-order valence-electron chi connectivity index (χ2n) is 11.8. The maximum Gasteiger partial charge on any atom is 0.191 e. The number of hydrogen-bond acceptors (Lipinski definition) is 2. The van der Waals surface area contributed by atoms with E-state index in [-0.39, 0.29) is 5.92 Å². The first-order valence-corrected chi connectivity index (χ1v) is 16.1. The van der Waals surface area contributed by atoms with E-state index in [9.17, 15) is 4.79 Å². The van der Waals surface area contributed by atoms with Gasteiger partial charge in [0.2, 0.25) is 0 Å². The van der Waals surface area contributed by atoms with Crippen molar-refractivity contribution in [2.24, 2.45) is 29.6 Å². The quantitative estimate of drug-likeness (QED) is 0.111. The van der Waals surface area contributed by atoms with E-state index >= 15 is 0 Å². The van der Waals surface area contributed by atoms with Crippen molar-refractivity contribution in [1.29, 1.82) is 0 Å². The zero-order chi connectivity index (χ0) is 23.4. The Morgan fingerprint density at radius 2 is 1.72 bits per heavy atom. The molecule has 0 unspecified atom stereocenters. The summed E-state index contributed by atoms with van der Waals surface area (Å²) in [6.07, 6.45) is 17.5. The molecule has 0 spiro atoms. The van der Waals surface area contributed by atoms with Gasteiger partial charge >= 0.3 is 0 Å². The first-order chi connectivity index (χ1) is 15.2. The highest BCUT2D eigenvalue weighted by molar-refractivity contribution is 6.74. The lowest BCUT2D eigenvalue weighted by atomic mass is 9.78. The Bertz CT molecular complexity index is 773. The van der Waals surface area contributed by atoms with Crippen LogP contribution in [0.2, 0.25) is 18.1 Å². The van der Waals surface area contributed by atoms with Crippen molar-refractivity contribution in [3.05, 3.63) is 23.8 Å².